The van der Waals surface area contributed by atoms with E-state index in [0.29, 0.717) is 18.4 Å². The Morgan fingerprint density at radius 2 is 1.95 bits per heavy atom. The van der Waals surface area contributed by atoms with Crippen molar-refractivity contribution in [3.8, 4) is 0 Å². The molecule has 114 valence electrons. The highest BCUT2D eigenvalue weighted by Crippen LogP contribution is 2.21. The van der Waals surface area contributed by atoms with Crippen LogP contribution in [0.5, 0.6) is 0 Å². The Bertz CT molecular complexity index is 430. The highest BCUT2D eigenvalue weighted by molar-refractivity contribution is 5.40. The minimum absolute atomic E-state index is 0.0838. The Hall–Kier alpha value is -1.30. The lowest BCUT2D eigenvalue weighted by molar-refractivity contribution is -0.132. The lowest BCUT2D eigenvalue weighted by Gasteiger charge is -2.20. The van der Waals surface area contributed by atoms with Gasteiger partial charge in [-0.15, -0.1) is 0 Å². The predicted octanol–water partition coefficient (Wildman–Crippen LogP) is 3.28. The summed E-state index contributed by atoms with van der Waals surface area (Å²) in [6.45, 7) is 6.62. The molecule has 1 heterocycles. The normalized spacial score (nSPS) is 12.0. The first-order valence-electron chi connectivity index (χ1n) is 6.67. The van der Waals surface area contributed by atoms with Gasteiger partial charge in [0.25, 0.3) is 0 Å². The van der Waals surface area contributed by atoms with Crippen LogP contribution in [0.2, 0.25) is 0 Å². The first kappa shape index (κ1) is 16.8. The molecular formula is C14H22F3N3. The monoisotopic (exact) mass is 289 g/mol. The maximum absolute atomic E-state index is 12.2. The second-order valence-electron chi connectivity index (χ2n) is 5.24. The minimum Gasteiger partial charge on any atom is -0.359 e. The summed E-state index contributed by atoms with van der Waals surface area (Å²) < 4.78 is 36.6. The smallest absolute Gasteiger partial charge is 0.359 e. The number of anilines is 1. The molecule has 0 aromatic carbocycles. The number of nitrogens with zero attached hydrogens (tertiary/aromatic N) is 2. The highest BCUT2D eigenvalue weighted by atomic mass is 19.4. The molecule has 0 fully saturated rings. The molecule has 0 amide bonds. The van der Waals surface area contributed by atoms with E-state index in [2.05, 4.69) is 24.1 Å². The van der Waals surface area contributed by atoms with E-state index in [9.17, 15) is 13.2 Å². The van der Waals surface area contributed by atoms with Crippen molar-refractivity contribution in [3.05, 3.63) is 23.4 Å². The van der Waals surface area contributed by atoms with E-state index in [4.69, 9.17) is 0 Å². The molecule has 0 saturated heterocycles. The lowest BCUT2D eigenvalue weighted by Crippen LogP contribution is -2.25. The van der Waals surface area contributed by atoms with E-state index in [1.54, 1.807) is 13.1 Å². The Kier molecular flexibility index (Phi) is 5.80. The number of pyridine rings is 1. The van der Waals surface area contributed by atoms with Gasteiger partial charge in [0.15, 0.2) is 0 Å². The molecule has 0 spiro atoms. The van der Waals surface area contributed by atoms with E-state index < -0.39 is 12.6 Å². The fourth-order valence-corrected chi connectivity index (χ4v) is 1.70. The van der Waals surface area contributed by atoms with E-state index in [1.807, 2.05) is 13.0 Å². The maximum Gasteiger partial charge on any atom is 0.390 e. The molecule has 0 unspecified atom stereocenters. The van der Waals surface area contributed by atoms with Gasteiger partial charge in [-0.25, -0.2) is 4.98 Å². The zero-order chi connectivity index (χ0) is 15.3. The van der Waals surface area contributed by atoms with Crippen molar-refractivity contribution in [1.82, 2.24) is 10.3 Å². The van der Waals surface area contributed by atoms with E-state index >= 15 is 0 Å². The zero-order valence-corrected chi connectivity index (χ0v) is 12.4. The van der Waals surface area contributed by atoms with Crippen LogP contribution in [-0.2, 0) is 6.54 Å². The summed E-state index contributed by atoms with van der Waals surface area (Å²) in [6, 6.07) is 4.06. The molecular weight excluding hydrogens is 267 g/mol. The van der Waals surface area contributed by atoms with E-state index in [0.717, 1.165) is 11.3 Å². The third kappa shape index (κ3) is 5.77. The van der Waals surface area contributed by atoms with E-state index in [-0.39, 0.29) is 6.54 Å². The first-order valence-corrected chi connectivity index (χ1v) is 6.67. The number of aryl methyl sites for hydroxylation is 1. The number of alkyl halides is 3. The number of hydrogen-bond acceptors (Lipinski definition) is 3. The van der Waals surface area contributed by atoms with Crippen LogP contribution in [0.15, 0.2) is 12.1 Å². The van der Waals surface area contributed by atoms with Crippen LogP contribution in [0, 0.1) is 6.92 Å². The van der Waals surface area contributed by atoms with Crippen molar-refractivity contribution in [1.29, 1.82) is 0 Å². The van der Waals surface area contributed by atoms with Crippen LogP contribution < -0.4 is 10.2 Å². The Labute approximate surface area is 118 Å². The summed E-state index contributed by atoms with van der Waals surface area (Å²) in [5, 5.41) is 3.29. The Morgan fingerprint density at radius 1 is 1.30 bits per heavy atom. The van der Waals surface area contributed by atoms with Crippen LogP contribution in [0.1, 0.15) is 31.5 Å². The summed E-state index contributed by atoms with van der Waals surface area (Å²) in [5.74, 6) is 0.569. The van der Waals surface area contributed by atoms with Crippen molar-refractivity contribution in [2.75, 3.05) is 18.5 Å². The fourth-order valence-electron chi connectivity index (χ4n) is 1.70. The molecule has 1 aromatic rings. The van der Waals surface area contributed by atoms with Gasteiger partial charge in [-0.2, -0.15) is 13.2 Å². The van der Waals surface area contributed by atoms with Gasteiger partial charge in [-0.3, -0.25) is 0 Å². The van der Waals surface area contributed by atoms with Crippen LogP contribution >= 0.6 is 0 Å². The predicted molar refractivity (Wildman–Crippen MR) is 74.9 cm³/mol. The van der Waals surface area contributed by atoms with Crippen LogP contribution in [0.4, 0.5) is 19.0 Å². The Morgan fingerprint density at radius 3 is 2.45 bits per heavy atom. The molecule has 1 aromatic heterocycles. The minimum atomic E-state index is -4.13. The fraction of sp³-hybridized carbons (Fsp3) is 0.643. The highest BCUT2D eigenvalue weighted by Gasteiger charge is 2.27. The number of rotatable bonds is 6. The molecule has 1 rings (SSSR count). The van der Waals surface area contributed by atoms with Crippen molar-refractivity contribution < 1.29 is 13.2 Å². The summed E-state index contributed by atoms with van der Waals surface area (Å²) in [7, 11) is 1.62. The molecule has 0 radical (unpaired) electrons. The van der Waals surface area contributed by atoms with Gasteiger partial charge in [0.2, 0.25) is 0 Å². The molecule has 0 aliphatic heterocycles. The van der Waals surface area contributed by atoms with Crippen molar-refractivity contribution in [2.24, 2.45) is 0 Å². The van der Waals surface area contributed by atoms with Gasteiger partial charge >= 0.3 is 6.18 Å². The second kappa shape index (κ2) is 6.92. The van der Waals surface area contributed by atoms with Gasteiger partial charge < -0.3 is 10.2 Å². The molecule has 0 bridgehead atoms. The summed E-state index contributed by atoms with van der Waals surface area (Å²) in [4.78, 5) is 5.90. The number of halogens is 3. The topological polar surface area (TPSA) is 28.2 Å². The van der Waals surface area contributed by atoms with Gasteiger partial charge in [0.1, 0.15) is 5.82 Å². The number of aromatic nitrogens is 1. The average Bonchev–Trinajstić information content (AvgIpc) is 2.33. The van der Waals surface area contributed by atoms with Gasteiger partial charge in [-0.1, -0.05) is 19.9 Å². The molecule has 0 saturated carbocycles. The Balaban J connectivity index is 2.66. The quantitative estimate of drug-likeness (QED) is 0.871. The standard InChI is InChI=1S/C14H22F3N3/c1-10(2)18-9-12-5-6-13(19-11(12)3)20(4)8-7-14(15,16)17/h5-6,10,18H,7-9H2,1-4H3. The van der Waals surface area contributed by atoms with Gasteiger partial charge in [-0.05, 0) is 18.6 Å². The van der Waals surface area contributed by atoms with Crippen molar-refractivity contribution >= 4 is 5.82 Å². The largest absolute Gasteiger partial charge is 0.390 e. The maximum atomic E-state index is 12.2. The van der Waals surface area contributed by atoms with E-state index in [1.165, 1.54) is 4.90 Å². The lowest BCUT2D eigenvalue weighted by atomic mass is 10.2. The van der Waals surface area contributed by atoms with Gasteiger partial charge in [0, 0.05) is 31.9 Å². The average molecular weight is 289 g/mol. The summed E-state index contributed by atoms with van der Waals surface area (Å²) >= 11 is 0. The molecule has 20 heavy (non-hydrogen) atoms. The van der Waals surface area contributed by atoms with Crippen molar-refractivity contribution in [3.63, 3.8) is 0 Å². The van der Waals surface area contributed by atoms with Crippen LogP contribution in [0.3, 0.4) is 0 Å². The zero-order valence-electron chi connectivity index (χ0n) is 12.4. The van der Waals surface area contributed by atoms with Gasteiger partial charge in [0.05, 0.1) is 6.42 Å². The van der Waals surface area contributed by atoms with Crippen LogP contribution in [0.25, 0.3) is 0 Å². The summed E-state index contributed by atoms with van der Waals surface area (Å²) in [5.41, 5.74) is 1.90. The SMILES string of the molecule is Cc1nc(N(C)CCC(F)(F)F)ccc1CNC(C)C. The van der Waals surface area contributed by atoms with Crippen LogP contribution in [-0.4, -0.2) is 30.8 Å². The molecule has 0 atom stereocenters. The number of hydrogen-bond donors (Lipinski definition) is 1. The number of nitrogens with one attached hydrogen (secondary N) is 1. The third-order valence-electron chi connectivity index (χ3n) is 3.00. The molecule has 0 aliphatic rings. The molecule has 1 N–H and O–H groups in total. The third-order valence-corrected chi connectivity index (χ3v) is 3.00. The second-order valence-corrected chi connectivity index (χ2v) is 5.24. The molecule has 3 nitrogen and oxygen atoms in total. The molecule has 6 heteroatoms. The van der Waals surface area contributed by atoms with Crippen molar-refractivity contribution in [2.45, 2.75) is 46.0 Å². The molecule has 0 aliphatic carbocycles. The summed E-state index contributed by atoms with van der Waals surface area (Å²) in [6.07, 6.45) is -4.97. The first-order chi connectivity index (χ1) is 9.19.